The van der Waals surface area contributed by atoms with Gasteiger partial charge in [0.05, 0.1) is 23.9 Å². The van der Waals surface area contributed by atoms with Crippen molar-refractivity contribution in [1.82, 2.24) is 9.55 Å². The zero-order valence-corrected chi connectivity index (χ0v) is 15.2. The van der Waals surface area contributed by atoms with E-state index in [0.717, 1.165) is 31.5 Å². The standard InChI is InChI=1S/C18H19BrN4O/c1-13-16(19)17(24)23(12-15-8-4-3-7-14(15)11-20)18(21-13)22-9-5-2-6-10-22/h3-4,7-8H,2,5-6,9-10,12H2,1H3. The maximum Gasteiger partial charge on any atom is 0.269 e. The van der Waals surface area contributed by atoms with Gasteiger partial charge in [-0.3, -0.25) is 9.36 Å². The number of piperidine rings is 1. The summed E-state index contributed by atoms with van der Waals surface area (Å²) in [6, 6.07) is 9.58. The van der Waals surface area contributed by atoms with Crippen LogP contribution in [-0.2, 0) is 6.54 Å². The van der Waals surface area contributed by atoms with Crippen molar-refractivity contribution in [1.29, 1.82) is 5.26 Å². The molecule has 1 fully saturated rings. The Kier molecular flexibility index (Phi) is 5.00. The molecule has 124 valence electrons. The van der Waals surface area contributed by atoms with Gasteiger partial charge in [-0.05, 0) is 53.7 Å². The monoisotopic (exact) mass is 386 g/mol. The Morgan fingerprint density at radius 1 is 1.25 bits per heavy atom. The molecule has 0 radical (unpaired) electrons. The maximum absolute atomic E-state index is 12.8. The normalized spacial score (nSPS) is 14.5. The lowest BCUT2D eigenvalue weighted by atomic mass is 10.1. The number of hydrogen-bond donors (Lipinski definition) is 0. The van der Waals surface area contributed by atoms with E-state index >= 15 is 0 Å². The fourth-order valence-electron chi connectivity index (χ4n) is 3.04. The zero-order valence-electron chi connectivity index (χ0n) is 13.6. The molecule has 1 aromatic heterocycles. The van der Waals surface area contributed by atoms with E-state index in [1.807, 2.05) is 25.1 Å². The molecule has 0 bridgehead atoms. The Balaban J connectivity index is 2.10. The first-order chi connectivity index (χ1) is 11.6. The molecule has 6 heteroatoms. The van der Waals surface area contributed by atoms with Gasteiger partial charge in [0.25, 0.3) is 5.56 Å². The van der Waals surface area contributed by atoms with Crippen molar-refractivity contribution in [2.75, 3.05) is 18.0 Å². The van der Waals surface area contributed by atoms with Gasteiger partial charge in [-0.2, -0.15) is 5.26 Å². The molecule has 3 rings (SSSR count). The molecule has 1 aromatic carbocycles. The molecule has 24 heavy (non-hydrogen) atoms. The first-order valence-corrected chi connectivity index (χ1v) is 8.91. The number of rotatable bonds is 3. The van der Waals surface area contributed by atoms with Gasteiger partial charge >= 0.3 is 0 Å². The van der Waals surface area contributed by atoms with Gasteiger partial charge in [0.1, 0.15) is 4.47 Å². The van der Waals surface area contributed by atoms with Gasteiger partial charge in [-0.15, -0.1) is 0 Å². The van der Waals surface area contributed by atoms with Gasteiger partial charge in [0.15, 0.2) is 0 Å². The minimum absolute atomic E-state index is 0.101. The van der Waals surface area contributed by atoms with Crippen molar-refractivity contribution >= 4 is 21.9 Å². The van der Waals surface area contributed by atoms with Crippen molar-refractivity contribution in [3.05, 3.63) is 55.9 Å². The quantitative estimate of drug-likeness (QED) is 0.812. The number of hydrogen-bond acceptors (Lipinski definition) is 4. The minimum atomic E-state index is -0.101. The Labute approximate surface area is 149 Å². The van der Waals surface area contributed by atoms with E-state index in [0.29, 0.717) is 28.2 Å². The SMILES string of the molecule is Cc1nc(N2CCCCC2)n(Cc2ccccc2C#N)c(=O)c1Br. The summed E-state index contributed by atoms with van der Waals surface area (Å²) in [5, 5.41) is 9.31. The van der Waals surface area contributed by atoms with Crippen molar-refractivity contribution in [3.8, 4) is 6.07 Å². The largest absolute Gasteiger partial charge is 0.342 e. The predicted molar refractivity (Wildman–Crippen MR) is 97.3 cm³/mol. The van der Waals surface area contributed by atoms with Gasteiger partial charge in [0.2, 0.25) is 5.95 Å². The number of aryl methyl sites for hydroxylation is 1. The topological polar surface area (TPSA) is 61.9 Å². The first kappa shape index (κ1) is 16.7. The third-order valence-electron chi connectivity index (χ3n) is 4.36. The van der Waals surface area contributed by atoms with Gasteiger partial charge in [-0.25, -0.2) is 4.98 Å². The third-order valence-corrected chi connectivity index (χ3v) is 5.28. The van der Waals surface area contributed by atoms with Crippen LogP contribution >= 0.6 is 15.9 Å². The summed E-state index contributed by atoms with van der Waals surface area (Å²) in [5.41, 5.74) is 2.02. The summed E-state index contributed by atoms with van der Waals surface area (Å²) in [4.78, 5) is 19.7. The highest BCUT2D eigenvalue weighted by Crippen LogP contribution is 2.21. The molecular weight excluding hydrogens is 368 g/mol. The highest BCUT2D eigenvalue weighted by atomic mass is 79.9. The Hall–Kier alpha value is -2.13. The lowest BCUT2D eigenvalue weighted by Crippen LogP contribution is -2.37. The number of benzene rings is 1. The van der Waals surface area contributed by atoms with Crippen LogP contribution in [0.15, 0.2) is 33.5 Å². The van der Waals surface area contributed by atoms with Gasteiger partial charge in [-0.1, -0.05) is 18.2 Å². The van der Waals surface area contributed by atoms with E-state index in [9.17, 15) is 10.1 Å². The van der Waals surface area contributed by atoms with Crippen molar-refractivity contribution in [3.63, 3.8) is 0 Å². The van der Waals surface area contributed by atoms with Crippen molar-refractivity contribution < 1.29 is 0 Å². The second-order valence-electron chi connectivity index (χ2n) is 6.02. The highest BCUT2D eigenvalue weighted by molar-refractivity contribution is 9.10. The maximum atomic E-state index is 12.8. The van der Waals surface area contributed by atoms with Crippen molar-refractivity contribution in [2.45, 2.75) is 32.7 Å². The predicted octanol–water partition coefficient (Wildman–Crippen LogP) is 3.22. The van der Waals surface area contributed by atoms with Crippen LogP contribution in [0.25, 0.3) is 0 Å². The Morgan fingerprint density at radius 2 is 1.96 bits per heavy atom. The van der Waals surface area contributed by atoms with Crippen LogP contribution in [0.4, 0.5) is 5.95 Å². The van der Waals surface area contributed by atoms with Crippen LogP contribution in [0.2, 0.25) is 0 Å². The van der Waals surface area contributed by atoms with Crippen LogP contribution in [0.5, 0.6) is 0 Å². The van der Waals surface area contributed by atoms with E-state index in [1.165, 1.54) is 6.42 Å². The molecule has 2 aromatic rings. The molecule has 1 saturated heterocycles. The second kappa shape index (κ2) is 7.18. The molecule has 0 atom stereocenters. The fraction of sp³-hybridized carbons (Fsp3) is 0.389. The van der Waals surface area contributed by atoms with Crippen LogP contribution in [0.1, 0.15) is 36.1 Å². The van der Waals surface area contributed by atoms with Crippen LogP contribution in [0, 0.1) is 18.3 Å². The summed E-state index contributed by atoms with van der Waals surface area (Å²) < 4.78 is 2.16. The number of anilines is 1. The number of nitriles is 1. The fourth-order valence-corrected chi connectivity index (χ4v) is 3.34. The smallest absolute Gasteiger partial charge is 0.269 e. The summed E-state index contributed by atoms with van der Waals surface area (Å²) >= 11 is 3.36. The summed E-state index contributed by atoms with van der Waals surface area (Å²) in [7, 11) is 0. The van der Waals surface area contributed by atoms with Gasteiger partial charge in [0, 0.05) is 13.1 Å². The second-order valence-corrected chi connectivity index (χ2v) is 6.81. The Bertz CT molecular complexity index is 847. The average molecular weight is 387 g/mol. The van der Waals surface area contributed by atoms with Crippen LogP contribution in [-0.4, -0.2) is 22.6 Å². The van der Waals surface area contributed by atoms with E-state index in [4.69, 9.17) is 0 Å². The van der Waals surface area contributed by atoms with E-state index in [2.05, 4.69) is 31.9 Å². The molecule has 0 unspecified atom stereocenters. The molecule has 0 N–H and O–H groups in total. The van der Waals surface area contributed by atoms with Crippen molar-refractivity contribution in [2.24, 2.45) is 0 Å². The number of nitrogens with zero attached hydrogens (tertiary/aromatic N) is 4. The third kappa shape index (κ3) is 3.22. The van der Waals surface area contributed by atoms with Crippen LogP contribution < -0.4 is 10.5 Å². The Morgan fingerprint density at radius 3 is 2.67 bits per heavy atom. The van der Waals surface area contributed by atoms with E-state index in [1.54, 1.807) is 10.6 Å². The number of aromatic nitrogens is 2. The summed E-state index contributed by atoms with van der Waals surface area (Å²) in [5.74, 6) is 0.702. The molecular formula is C18H19BrN4O. The molecule has 2 heterocycles. The zero-order chi connectivity index (χ0) is 17.1. The molecule has 5 nitrogen and oxygen atoms in total. The lowest BCUT2D eigenvalue weighted by Gasteiger charge is -2.30. The lowest BCUT2D eigenvalue weighted by molar-refractivity contribution is 0.549. The summed E-state index contributed by atoms with van der Waals surface area (Å²) in [6.45, 7) is 4.01. The highest BCUT2D eigenvalue weighted by Gasteiger charge is 2.20. The minimum Gasteiger partial charge on any atom is -0.342 e. The van der Waals surface area contributed by atoms with Crippen LogP contribution in [0.3, 0.4) is 0 Å². The number of halogens is 1. The van der Waals surface area contributed by atoms with E-state index < -0.39 is 0 Å². The molecule has 1 aliphatic rings. The summed E-state index contributed by atoms with van der Waals surface area (Å²) in [6.07, 6.45) is 3.44. The molecule has 0 spiro atoms. The molecule has 0 aliphatic carbocycles. The average Bonchev–Trinajstić information content (AvgIpc) is 2.63. The molecule has 1 aliphatic heterocycles. The first-order valence-electron chi connectivity index (χ1n) is 8.11. The molecule has 0 saturated carbocycles. The molecule has 0 amide bonds. The van der Waals surface area contributed by atoms with E-state index in [-0.39, 0.29) is 5.56 Å². The van der Waals surface area contributed by atoms with Gasteiger partial charge < -0.3 is 4.90 Å².